The van der Waals surface area contributed by atoms with Crippen molar-refractivity contribution in [2.75, 3.05) is 6.61 Å². The molecule has 5 nitrogen and oxygen atoms in total. The van der Waals surface area contributed by atoms with Crippen molar-refractivity contribution in [2.24, 2.45) is 0 Å². The molecule has 1 aliphatic heterocycles. The predicted molar refractivity (Wildman–Crippen MR) is 64.3 cm³/mol. The number of imidazole rings is 1. The monoisotopic (exact) mass is 272 g/mol. The molecule has 0 amide bonds. The number of hydrogen-bond donors (Lipinski definition) is 0. The fourth-order valence-corrected chi connectivity index (χ4v) is 2.45. The van der Waals surface area contributed by atoms with Crippen LogP contribution in [0.1, 0.15) is 12.8 Å². The second-order valence-corrected chi connectivity index (χ2v) is 4.68. The fraction of sp³-hybridized carbons (Fsp3) is 0.500. The Balaban J connectivity index is 1.99. The topological polar surface area (TPSA) is 52.8 Å². The second-order valence-electron chi connectivity index (χ2n) is 3.99. The van der Waals surface area contributed by atoms with Crippen molar-refractivity contribution in [1.82, 2.24) is 19.5 Å². The molecule has 0 unspecified atom stereocenters. The number of aromatic nitrogens is 4. The molecule has 0 spiro atoms. The van der Waals surface area contributed by atoms with Crippen LogP contribution in [0.3, 0.4) is 0 Å². The Kier molecular flexibility index (Phi) is 2.90. The normalized spacial score (nSPS) is 20.2. The minimum absolute atomic E-state index is 0.136. The van der Waals surface area contributed by atoms with Gasteiger partial charge in [0.05, 0.1) is 19.0 Å². The molecule has 0 radical (unpaired) electrons. The first-order chi connectivity index (χ1) is 8.24. The van der Waals surface area contributed by atoms with Crippen LogP contribution in [0.15, 0.2) is 6.33 Å². The lowest BCUT2D eigenvalue weighted by atomic mass is 10.2. The molecule has 0 aliphatic carbocycles. The number of halogens is 2. The quantitative estimate of drug-likeness (QED) is 0.622. The lowest BCUT2D eigenvalue weighted by molar-refractivity contribution is 0.0978. The van der Waals surface area contributed by atoms with Crippen LogP contribution >= 0.6 is 23.2 Å². The van der Waals surface area contributed by atoms with Gasteiger partial charge in [0.2, 0.25) is 5.28 Å². The molecule has 3 heterocycles. The van der Waals surface area contributed by atoms with Gasteiger partial charge in [-0.1, -0.05) is 11.6 Å². The van der Waals surface area contributed by atoms with Gasteiger partial charge in [-0.2, -0.15) is 4.98 Å². The number of nitrogens with zero attached hydrogens (tertiary/aromatic N) is 4. The summed E-state index contributed by atoms with van der Waals surface area (Å²) in [7, 11) is 0. The molecule has 1 atom stereocenters. The van der Waals surface area contributed by atoms with E-state index in [0.29, 0.717) is 11.2 Å². The van der Waals surface area contributed by atoms with Gasteiger partial charge in [-0.25, -0.2) is 9.97 Å². The first-order valence-electron chi connectivity index (χ1n) is 5.39. The van der Waals surface area contributed by atoms with Crippen molar-refractivity contribution in [3.63, 3.8) is 0 Å². The van der Waals surface area contributed by atoms with Crippen LogP contribution in [0.4, 0.5) is 0 Å². The maximum absolute atomic E-state index is 5.95. The highest BCUT2D eigenvalue weighted by atomic mass is 35.5. The van der Waals surface area contributed by atoms with E-state index in [1.165, 1.54) is 0 Å². The van der Waals surface area contributed by atoms with Gasteiger partial charge in [-0.3, -0.25) is 0 Å². The molecule has 17 heavy (non-hydrogen) atoms. The van der Waals surface area contributed by atoms with Crippen molar-refractivity contribution >= 4 is 34.4 Å². The Morgan fingerprint density at radius 2 is 2.29 bits per heavy atom. The first-order valence-corrected chi connectivity index (χ1v) is 6.15. The average molecular weight is 273 g/mol. The Morgan fingerprint density at radius 3 is 3.06 bits per heavy atom. The summed E-state index contributed by atoms with van der Waals surface area (Å²) in [6.07, 6.45) is 4.09. The van der Waals surface area contributed by atoms with Crippen molar-refractivity contribution in [3.8, 4) is 0 Å². The zero-order chi connectivity index (χ0) is 11.8. The molecule has 2 aromatic rings. The van der Waals surface area contributed by atoms with E-state index in [1.807, 2.05) is 4.57 Å². The summed E-state index contributed by atoms with van der Waals surface area (Å²) in [6.45, 7) is 1.55. The minimum Gasteiger partial charge on any atom is -0.376 e. The van der Waals surface area contributed by atoms with Crippen molar-refractivity contribution in [3.05, 3.63) is 16.8 Å². The summed E-state index contributed by atoms with van der Waals surface area (Å²) in [5.41, 5.74) is 1.24. The Bertz CT molecular complexity index is 550. The number of hydrogen-bond acceptors (Lipinski definition) is 4. The van der Waals surface area contributed by atoms with Gasteiger partial charge in [0.1, 0.15) is 5.52 Å². The van der Waals surface area contributed by atoms with Gasteiger partial charge >= 0.3 is 0 Å². The van der Waals surface area contributed by atoms with Crippen LogP contribution in [-0.2, 0) is 11.3 Å². The van der Waals surface area contributed by atoms with Crippen LogP contribution in [0.5, 0.6) is 0 Å². The number of fused-ring (bicyclic) bond motifs is 1. The van der Waals surface area contributed by atoms with Crippen LogP contribution < -0.4 is 0 Å². The van der Waals surface area contributed by atoms with Gasteiger partial charge in [-0.15, -0.1) is 0 Å². The van der Waals surface area contributed by atoms with E-state index >= 15 is 0 Å². The van der Waals surface area contributed by atoms with E-state index in [-0.39, 0.29) is 16.5 Å². The van der Waals surface area contributed by atoms with Gasteiger partial charge in [0.25, 0.3) is 0 Å². The fourth-order valence-electron chi connectivity index (χ4n) is 2.03. The van der Waals surface area contributed by atoms with Gasteiger partial charge < -0.3 is 9.30 Å². The maximum atomic E-state index is 5.95. The number of rotatable bonds is 2. The molecule has 1 fully saturated rings. The standard InChI is InChI=1S/C10H10Cl2N4O/c11-8-7-9(15-10(12)14-8)16(5-13-7)4-6-2-1-3-17-6/h5-6H,1-4H2/t6-/m0/s1. The first kappa shape index (κ1) is 11.2. The van der Waals surface area contributed by atoms with E-state index in [9.17, 15) is 0 Å². The summed E-state index contributed by atoms with van der Waals surface area (Å²) in [5.74, 6) is 0. The molecular formula is C10H10Cl2N4O. The van der Waals surface area contributed by atoms with E-state index in [0.717, 1.165) is 26.0 Å². The summed E-state index contributed by atoms with van der Waals surface area (Å²) in [4.78, 5) is 12.2. The highest BCUT2D eigenvalue weighted by Crippen LogP contribution is 2.22. The Labute approximate surface area is 108 Å². The molecule has 2 aromatic heterocycles. The van der Waals surface area contributed by atoms with Gasteiger partial charge in [0.15, 0.2) is 10.8 Å². The minimum atomic E-state index is 0.136. The van der Waals surface area contributed by atoms with Crippen molar-refractivity contribution in [2.45, 2.75) is 25.5 Å². The molecule has 0 saturated carbocycles. The predicted octanol–water partition coefficient (Wildman–Crippen LogP) is 2.31. The Morgan fingerprint density at radius 1 is 1.41 bits per heavy atom. The average Bonchev–Trinajstić information content (AvgIpc) is 2.89. The van der Waals surface area contributed by atoms with E-state index in [1.54, 1.807) is 6.33 Å². The van der Waals surface area contributed by atoms with Crippen LogP contribution in [0.25, 0.3) is 11.2 Å². The molecule has 1 aliphatic rings. The highest BCUT2D eigenvalue weighted by Gasteiger charge is 2.18. The lowest BCUT2D eigenvalue weighted by Crippen LogP contribution is -2.14. The Hall–Kier alpha value is -0.910. The molecule has 7 heteroatoms. The summed E-state index contributed by atoms with van der Waals surface area (Å²) in [6, 6.07) is 0. The lowest BCUT2D eigenvalue weighted by Gasteiger charge is -2.10. The van der Waals surface area contributed by atoms with Gasteiger partial charge in [0, 0.05) is 6.61 Å². The third kappa shape index (κ3) is 2.10. The molecular weight excluding hydrogens is 263 g/mol. The summed E-state index contributed by atoms with van der Waals surface area (Å²) >= 11 is 11.7. The van der Waals surface area contributed by atoms with Gasteiger partial charge in [-0.05, 0) is 24.4 Å². The number of ether oxygens (including phenoxy) is 1. The van der Waals surface area contributed by atoms with E-state index in [2.05, 4.69) is 15.0 Å². The molecule has 3 rings (SSSR count). The zero-order valence-electron chi connectivity index (χ0n) is 8.94. The molecule has 0 N–H and O–H groups in total. The maximum Gasteiger partial charge on any atom is 0.225 e. The van der Waals surface area contributed by atoms with Crippen LogP contribution in [-0.4, -0.2) is 32.2 Å². The zero-order valence-corrected chi connectivity index (χ0v) is 10.4. The smallest absolute Gasteiger partial charge is 0.225 e. The highest BCUT2D eigenvalue weighted by molar-refractivity contribution is 6.35. The van der Waals surface area contributed by atoms with E-state index in [4.69, 9.17) is 27.9 Å². The molecule has 0 bridgehead atoms. The second kappa shape index (κ2) is 4.40. The SMILES string of the molecule is Clc1nc(Cl)c2ncn(C[C@@H]3CCCO3)c2n1. The summed E-state index contributed by atoms with van der Waals surface area (Å²) in [5, 5.41) is 0.419. The van der Waals surface area contributed by atoms with Crippen LogP contribution in [0.2, 0.25) is 10.4 Å². The largest absolute Gasteiger partial charge is 0.376 e. The summed E-state index contributed by atoms with van der Waals surface area (Å²) < 4.78 is 7.49. The molecule has 90 valence electrons. The third-order valence-electron chi connectivity index (χ3n) is 2.82. The third-order valence-corrected chi connectivity index (χ3v) is 3.25. The van der Waals surface area contributed by atoms with Crippen molar-refractivity contribution < 1.29 is 4.74 Å². The van der Waals surface area contributed by atoms with E-state index < -0.39 is 0 Å². The molecule has 0 aromatic carbocycles. The molecule has 1 saturated heterocycles. The van der Waals surface area contributed by atoms with Crippen molar-refractivity contribution in [1.29, 1.82) is 0 Å². The van der Waals surface area contributed by atoms with Crippen LogP contribution in [0, 0.1) is 0 Å².